The van der Waals surface area contributed by atoms with Crippen LogP contribution in [0.25, 0.3) is 0 Å². The van der Waals surface area contributed by atoms with Gasteiger partial charge in [-0.25, -0.2) is 0 Å². The van der Waals surface area contributed by atoms with Crippen LogP contribution in [0, 0.1) is 11.3 Å². The Morgan fingerprint density at radius 1 is 1.44 bits per heavy atom. The second-order valence-electron chi connectivity index (χ2n) is 5.66. The molecular weight excluding hydrogens is 200 g/mol. The normalized spacial score (nSPS) is 38.6. The van der Waals surface area contributed by atoms with E-state index in [9.17, 15) is 4.79 Å². The van der Waals surface area contributed by atoms with E-state index in [1.165, 1.54) is 38.2 Å². The van der Waals surface area contributed by atoms with Crippen LogP contribution in [0.15, 0.2) is 11.6 Å². The van der Waals surface area contributed by atoms with Crippen LogP contribution in [0.1, 0.15) is 52.9 Å². The summed E-state index contributed by atoms with van der Waals surface area (Å²) in [6, 6.07) is 0. The molecule has 0 amide bonds. The minimum absolute atomic E-state index is 0.0288. The average Bonchev–Trinajstić information content (AvgIpc) is 2.19. The van der Waals surface area contributed by atoms with Gasteiger partial charge < -0.3 is 4.74 Å². The van der Waals surface area contributed by atoms with Crippen molar-refractivity contribution in [2.24, 2.45) is 11.3 Å². The third-order valence-electron chi connectivity index (χ3n) is 4.26. The van der Waals surface area contributed by atoms with Crippen LogP contribution in [0.5, 0.6) is 0 Å². The highest BCUT2D eigenvalue weighted by atomic mass is 16.5. The Bertz CT molecular complexity index is 319. The molecule has 0 aromatic carbocycles. The number of allylic oxidation sites excluding steroid dienone is 1. The first kappa shape index (κ1) is 11.7. The Morgan fingerprint density at radius 3 is 2.88 bits per heavy atom. The van der Waals surface area contributed by atoms with E-state index in [0.717, 1.165) is 6.42 Å². The van der Waals surface area contributed by atoms with Crippen LogP contribution in [-0.4, -0.2) is 12.1 Å². The smallest absolute Gasteiger partial charge is 0.303 e. The average molecular weight is 222 g/mol. The molecule has 2 aliphatic rings. The monoisotopic (exact) mass is 222 g/mol. The van der Waals surface area contributed by atoms with Crippen molar-refractivity contribution in [3.8, 4) is 0 Å². The van der Waals surface area contributed by atoms with Crippen LogP contribution in [0.2, 0.25) is 0 Å². The van der Waals surface area contributed by atoms with Gasteiger partial charge in [0, 0.05) is 6.92 Å². The predicted molar refractivity (Wildman–Crippen MR) is 64.0 cm³/mol. The Balaban J connectivity index is 2.18. The number of hydrogen-bond donors (Lipinski definition) is 0. The van der Waals surface area contributed by atoms with Crippen LogP contribution in [0.4, 0.5) is 0 Å². The van der Waals surface area contributed by atoms with Gasteiger partial charge in [-0.3, -0.25) is 4.79 Å². The number of carbonyl (C=O) groups excluding carboxylic acids is 1. The summed E-state index contributed by atoms with van der Waals surface area (Å²) in [7, 11) is 0. The first-order valence-corrected chi connectivity index (χ1v) is 6.41. The summed E-state index contributed by atoms with van der Waals surface area (Å²) in [6.45, 7) is 6.18. The molecule has 90 valence electrons. The summed E-state index contributed by atoms with van der Waals surface area (Å²) < 4.78 is 5.32. The lowest BCUT2D eigenvalue weighted by molar-refractivity contribution is -0.145. The lowest BCUT2D eigenvalue weighted by atomic mass is 9.62. The maximum atomic E-state index is 11.0. The molecule has 1 saturated carbocycles. The van der Waals surface area contributed by atoms with Crippen molar-refractivity contribution in [2.45, 2.75) is 59.0 Å². The van der Waals surface area contributed by atoms with Crippen molar-refractivity contribution in [1.29, 1.82) is 0 Å². The van der Waals surface area contributed by atoms with Gasteiger partial charge in [0.05, 0.1) is 0 Å². The molecule has 3 atom stereocenters. The summed E-state index contributed by atoms with van der Waals surface area (Å²) >= 11 is 0. The number of ether oxygens (including phenoxy) is 1. The van der Waals surface area contributed by atoms with Crippen molar-refractivity contribution < 1.29 is 9.53 Å². The molecule has 2 heteroatoms. The number of carbonyl (C=O) groups is 1. The molecule has 0 bridgehead atoms. The Hall–Kier alpha value is -0.790. The molecule has 2 rings (SSSR count). The van der Waals surface area contributed by atoms with E-state index >= 15 is 0 Å². The van der Waals surface area contributed by atoms with E-state index in [-0.39, 0.29) is 12.1 Å². The van der Waals surface area contributed by atoms with Crippen molar-refractivity contribution in [3.63, 3.8) is 0 Å². The zero-order chi connectivity index (χ0) is 11.8. The summed E-state index contributed by atoms with van der Waals surface area (Å²) in [5.41, 5.74) is 1.92. The fraction of sp³-hybridized carbons (Fsp3) is 0.786. The third kappa shape index (κ3) is 2.16. The van der Waals surface area contributed by atoms with E-state index < -0.39 is 0 Å². The van der Waals surface area contributed by atoms with Crippen molar-refractivity contribution >= 4 is 5.97 Å². The molecule has 0 radical (unpaired) electrons. The molecule has 1 fully saturated rings. The van der Waals surface area contributed by atoms with Crippen molar-refractivity contribution in [1.82, 2.24) is 0 Å². The van der Waals surface area contributed by atoms with E-state index in [2.05, 4.69) is 19.9 Å². The molecule has 0 heterocycles. The summed E-state index contributed by atoms with van der Waals surface area (Å²) in [5.74, 6) is 0.506. The molecule has 0 aliphatic heterocycles. The second-order valence-corrected chi connectivity index (χ2v) is 5.66. The van der Waals surface area contributed by atoms with Crippen LogP contribution < -0.4 is 0 Å². The first-order valence-electron chi connectivity index (χ1n) is 6.41. The highest BCUT2D eigenvalue weighted by Crippen LogP contribution is 2.49. The standard InChI is InChI=1S/C14H22O2/c1-10-5-4-7-14(3)8-6-12(9-13(10)14)16-11(2)15/h9-10,12H,4-8H2,1-3H3/t10?,12-,14+/m1/s1. The quantitative estimate of drug-likeness (QED) is 0.501. The summed E-state index contributed by atoms with van der Waals surface area (Å²) in [4.78, 5) is 11.0. The van der Waals surface area contributed by atoms with Crippen LogP contribution in [-0.2, 0) is 9.53 Å². The zero-order valence-corrected chi connectivity index (χ0v) is 10.6. The van der Waals surface area contributed by atoms with E-state index in [1.807, 2.05) is 0 Å². The molecule has 0 aromatic rings. The van der Waals surface area contributed by atoms with Gasteiger partial charge in [0.15, 0.2) is 0 Å². The highest BCUT2D eigenvalue weighted by molar-refractivity contribution is 5.66. The maximum absolute atomic E-state index is 11.0. The second kappa shape index (κ2) is 4.23. The SMILES string of the molecule is CC(=O)O[C@H]1C=C2C(C)CCC[C@@]2(C)CC1. The predicted octanol–water partition coefficient (Wildman–Crippen LogP) is 3.46. The summed E-state index contributed by atoms with van der Waals surface area (Å²) in [5, 5.41) is 0. The van der Waals surface area contributed by atoms with Gasteiger partial charge in [-0.05, 0) is 43.1 Å². The lowest BCUT2D eigenvalue weighted by Crippen LogP contribution is -2.34. The number of rotatable bonds is 1. The van der Waals surface area contributed by atoms with E-state index in [0.29, 0.717) is 11.3 Å². The molecule has 1 unspecified atom stereocenters. The Morgan fingerprint density at radius 2 is 2.19 bits per heavy atom. The Kier molecular flexibility index (Phi) is 3.09. The number of esters is 1. The molecule has 16 heavy (non-hydrogen) atoms. The topological polar surface area (TPSA) is 26.3 Å². The van der Waals surface area contributed by atoms with Gasteiger partial charge in [0.1, 0.15) is 6.10 Å². The van der Waals surface area contributed by atoms with Gasteiger partial charge >= 0.3 is 5.97 Å². The molecule has 0 saturated heterocycles. The Labute approximate surface area is 98.1 Å². The fourth-order valence-electron chi connectivity index (χ4n) is 3.38. The zero-order valence-electron chi connectivity index (χ0n) is 10.6. The molecule has 2 aliphatic carbocycles. The van der Waals surface area contributed by atoms with Gasteiger partial charge in [0.25, 0.3) is 0 Å². The van der Waals surface area contributed by atoms with Gasteiger partial charge in [-0.1, -0.05) is 25.8 Å². The van der Waals surface area contributed by atoms with Gasteiger partial charge in [-0.15, -0.1) is 0 Å². The first-order chi connectivity index (χ1) is 7.51. The molecule has 0 N–H and O–H groups in total. The minimum Gasteiger partial charge on any atom is -0.458 e. The summed E-state index contributed by atoms with van der Waals surface area (Å²) in [6.07, 6.45) is 8.35. The molecule has 0 spiro atoms. The largest absolute Gasteiger partial charge is 0.458 e. The minimum atomic E-state index is -0.158. The van der Waals surface area contributed by atoms with E-state index in [1.54, 1.807) is 0 Å². The van der Waals surface area contributed by atoms with Crippen LogP contribution in [0.3, 0.4) is 0 Å². The van der Waals surface area contributed by atoms with E-state index in [4.69, 9.17) is 4.74 Å². The van der Waals surface area contributed by atoms with Crippen molar-refractivity contribution in [2.75, 3.05) is 0 Å². The van der Waals surface area contributed by atoms with Gasteiger partial charge in [-0.2, -0.15) is 0 Å². The molecule has 2 nitrogen and oxygen atoms in total. The number of hydrogen-bond acceptors (Lipinski definition) is 2. The third-order valence-corrected chi connectivity index (χ3v) is 4.26. The lowest BCUT2D eigenvalue weighted by Gasteiger charge is -2.44. The molecule has 0 aromatic heterocycles. The van der Waals surface area contributed by atoms with Crippen LogP contribution >= 0.6 is 0 Å². The highest BCUT2D eigenvalue weighted by Gasteiger charge is 2.39. The van der Waals surface area contributed by atoms with Crippen molar-refractivity contribution in [3.05, 3.63) is 11.6 Å². The van der Waals surface area contributed by atoms with Gasteiger partial charge in [0.2, 0.25) is 0 Å². The molecular formula is C14H22O2. The maximum Gasteiger partial charge on any atom is 0.303 e. The number of fused-ring (bicyclic) bond motifs is 1. The fourth-order valence-corrected chi connectivity index (χ4v) is 3.38.